The molecular weight excluding hydrogens is 304 g/mol. The molecule has 5 heteroatoms. The molecule has 3 rings (SSSR count). The van der Waals surface area contributed by atoms with Crippen molar-refractivity contribution in [2.24, 2.45) is 0 Å². The molecule has 1 heterocycles. The van der Waals surface area contributed by atoms with Crippen molar-refractivity contribution in [3.63, 3.8) is 0 Å². The molecule has 24 heavy (non-hydrogen) atoms. The number of aromatic nitrogens is 1. The second-order valence-corrected chi connectivity index (χ2v) is 6.31. The van der Waals surface area contributed by atoms with E-state index in [0.29, 0.717) is 12.8 Å². The minimum atomic E-state index is -0.956. The number of pyridine rings is 1. The van der Waals surface area contributed by atoms with Gasteiger partial charge in [0.15, 0.2) is 0 Å². The normalized spacial score (nSPS) is 18.5. The third-order valence-corrected chi connectivity index (χ3v) is 4.79. The van der Waals surface area contributed by atoms with Crippen LogP contribution in [0.5, 0.6) is 5.75 Å². The molecule has 5 nitrogen and oxygen atoms in total. The van der Waals surface area contributed by atoms with Crippen LogP contribution in [0.3, 0.4) is 0 Å². The van der Waals surface area contributed by atoms with Gasteiger partial charge in [0.05, 0.1) is 30.6 Å². The lowest BCUT2D eigenvalue weighted by molar-refractivity contribution is -0.123. The summed E-state index contributed by atoms with van der Waals surface area (Å²) in [7, 11) is 1.64. The summed E-state index contributed by atoms with van der Waals surface area (Å²) in [5.41, 5.74) is 0.837. The van der Waals surface area contributed by atoms with E-state index in [1.807, 2.05) is 42.5 Å². The summed E-state index contributed by atoms with van der Waals surface area (Å²) < 4.78 is 5.47. The third-order valence-electron chi connectivity index (χ3n) is 4.79. The van der Waals surface area contributed by atoms with E-state index in [1.165, 1.54) is 0 Å². The molecule has 1 aliphatic carbocycles. The second kappa shape index (κ2) is 7.30. The topological polar surface area (TPSA) is 74.6 Å². The summed E-state index contributed by atoms with van der Waals surface area (Å²) in [6.45, 7) is 0.287. The Bertz CT molecular complexity index is 659. The standard InChI is InChI=1S/C19H24N2O3/c1-24-16-9-3-2-7-14(16)18(15-8-4-5-12-20-15)21-13-17(22)19(23)10-6-11-19/h2-5,7-9,12,17-18,21-23H,6,10-11,13H2,1H3. The number of nitrogens with zero attached hydrogens (tertiary/aromatic N) is 1. The van der Waals surface area contributed by atoms with Gasteiger partial charge in [0.25, 0.3) is 0 Å². The van der Waals surface area contributed by atoms with Crippen LogP contribution >= 0.6 is 0 Å². The van der Waals surface area contributed by atoms with Gasteiger partial charge in [-0.25, -0.2) is 0 Å². The average molecular weight is 328 g/mol. The third kappa shape index (κ3) is 3.43. The van der Waals surface area contributed by atoms with Crippen molar-refractivity contribution in [3.05, 3.63) is 59.9 Å². The van der Waals surface area contributed by atoms with Crippen LogP contribution in [0.15, 0.2) is 48.7 Å². The molecule has 0 aliphatic heterocycles. The Morgan fingerprint density at radius 2 is 1.96 bits per heavy atom. The average Bonchev–Trinajstić information content (AvgIpc) is 2.61. The molecule has 1 fully saturated rings. The number of methoxy groups -OCH3 is 1. The van der Waals surface area contributed by atoms with E-state index >= 15 is 0 Å². The predicted octanol–water partition coefficient (Wildman–Crippen LogP) is 2.05. The summed E-state index contributed by atoms with van der Waals surface area (Å²) >= 11 is 0. The van der Waals surface area contributed by atoms with Gasteiger partial charge in [-0.05, 0) is 37.5 Å². The Hall–Kier alpha value is -1.95. The van der Waals surface area contributed by atoms with Crippen molar-refractivity contribution in [3.8, 4) is 5.75 Å². The van der Waals surface area contributed by atoms with Crippen LogP contribution in [-0.4, -0.2) is 40.6 Å². The van der Waals surface area contributed by atoms with Crippen molar-refractivity contribution in [1.82, 2.24) is 10.3 Å². The SMILES string of the molecule is COc1ccccc1C(NCC(O)C1(O)CCC1)c1ccccn1. The minimum Gasteiger partial charge on any atom is -0.496 e. The van der Waals surface area contributed by atoms with E-state index < -0.39 is 11.7 Å². The van der Waals surface area contributed by atoms with Crippen molar-refractivity contribution < 1.29 is 14.9 Å². The van der Waals surface area contributed by atoms with E-state index in [-0.39, 0.29) is 12.6 Å². The molecule has 0 saturated heterocycles. The molecule has 3 N–H and O–H groups in total. The summed E-state index contributed by atoms with van der Waals surface area (Å²) in [6, 6.07) is 13.3. The molecule has 0 amide bonds. The summed E-state index contributed by atoms with van der Waals surface area (Å²) in [5, 5.41) is 24.0. The summed E-state index contributed by atoms with van der Waals surface area (Å²) in [4.78, 5) is 4.44. The lowest BCUT2D eigenvalue weighted by Crippen LogP contribution is -2.52. The van der Waals surface area contributed by atoms with Crippen LogP contribution in [0.25, 0.3) is 0 Å². The summed E-state index contributed by atoms with van der Waals surface area (Å²) in [6.07, 6.45) is 3.21. The first-order chi connectivity index (χ1) is 11.6. The molecule has 1 aromatic carbocycles. The molecule has 128 valence electrons. The van der Waals surface area contributed by atoms with Crippen molar-refractivity contribution in [2.75, 3.05) is 13.7 Å². The smallest absolute Gasteiger partial charge is 0.124 e. The Kier molecular flexibility index (Phi) is 5.14. The molecule has 0 radical (unpaired) electrons. The Balaban J connectivity index is 1.83. The molecule has 1 aromatic heterocycles. The van der Waals surface area contributed by atoms with E-state index in [1.54, 1.807) is 13.3 Å². The highest BCUT2D eigenvalue weighted by molar-refractivity contribution is 5.39. The molecule has 2 unspecified atom stereocenters. The predicted molar refractivity (Wildman–Crippen MR) is 91.9 cm³/mol. The van der Waals surface area contributed by atoms with Gasteiger partial charge in [-0.1, -0.05) is 24.3 Å². The molecule has 2 atom stereocenters. The first-order valence-corrected chi connectivity index (χ1v) is 8.32. The number of aliphatic hydroxyl groups excluding tert-OH is 1. The number of benzene rings is 1. The van der Waals surface area contributed by atoms with Gasteiger partial charge in [-0.15, -0.1) is 0 Å². The Morgan fingerprint density at radius 1 is 1.21 bits per heavy atom. The number of para-hydroxylation sites is 1. The molecular formula is C19H24N2O3. The van der Waals surface area contributed by atoms with Gasteiger partial charge in [-0.2, -0.15) is 0 Å². The zero-order valence-electron chi connectivity index (χ0n) is 13.9. The number of hydrogen-bond donors (Lipinski definition) is 3. The first kappa shape index (κ1) is 16.9. The van der Waals surface area contributed by atoms with Crippen LogP contribution in [0.4, 0.5) is 0 Å². The first-order valence-electron chi connectivity index (χ1n) is 8.32. The number of ether oxygens (including phenoxy) is 1. The highest BCUT2D eigenvalue weighted by atomic mass is 16.5. The van der Waals surface area contributed by atoms with Crippen LogP contribution in [0.1, 0.15) is 36.6 Å². The maximum Gasteiger partial charge on any atom is 0.124 e. The molecule has 1 saturated carbocycles. The fourth-order valence-electron chi connectivity index (χ4n) is 3.12. The van der Waals surface area contributed by atoms with Gasteiger partial charge in [0.1, 0.15) is 5.75 Å². The Morgan fingerprint density at radius 3 is 2.58 bits per heavy atom. The van der Waals surface area contributed by atoms with Gasteiger partial charge < -0.3 is 20.3 Å². The number of nitrogens with one attached hydrogen (secondary N) is 1. The quantitative estimate of drug-likeness (QED) is 0.725. The molecule has 1 aliphatic rings. The summed E-state index contributed by atoms with van der Waals surface area (Å²) in [5.74, 6) is 0.762. The highest BCUT2D eigenvalue weighted by Crippen LogP contribution is 2.35. The van der Waals surface area contributed by atoms with Gasteiger partial charge in [0, 0.05) is 18.3 Å². The fraction of sp³-hybridized carbons (Fsp3) is 0.421. The molecule has 0 spiro atoms. The second-order valence-electron chi connectivity index (χ2n) is 6.31. The zero-order valence-corrected chi connectivity index (χ0v) is 13.9. The Labute approximate surface area is 142 Å². The van der Waals surface area contributed by atoms with E-state index in [4.69, 9.17) is 4.74 Å². The largest absolute Gasteiger partial charge is 0.496 e. The van der Waals surface area contributed by atoms with Gasteiger partial charge >= 0.3 is 0 Å². The molecule has 0 bridgehead atoms. The van der Waals surface area contributed by atoms with Crippen molar-refractivity contribution in [2.45, 2.75) is 37.0 Å². The van der Waals surface area contributed by atoms with E-state index in [0.717, 1.165) is 23.4 Å². The molecule has 2 aromatic rings. The monoisotopic (exact) mass is 328 g/mol. The van der Waals surface area contributed by atoms with E-state index in [2.05, 4.69) is 10.3 Å². The van der Waals surface area contributed by atoms with Crippen LogP contribution < -0.4 is 10.1 Å². The maximum atomic E-state index is 10.3. The lowest BCUT2D eigenvalue weighted by Gasteiger charge is -2.41. The van der Waals surface area contributed by atoms with Crippen LogP contribution in [0.2, 0.25) is 0 Å². The van der Waals surface area contributed by atoms with Crippen LogP contribution in [-0.2, 0) is 0 Å². The number of aliphatic hydroxyl groups is 2. The minimum absolute atomic E-state index is 0.222. The van der Waals surface area contributed by atoms with Gasteiger partial charge in [-0.3, -0.25) is 4.98 Å². The van der Waals surface area contributed by atoms with E-state index in [9.17, 15) is 10.2 Å². The fourth-order valence-corrected chi connectivity index (χ4v) is 3.12. The number of rotatable bonds is 7. The number of hydrogen-bond acceptors (Lipinski definition) is 5. The zero-order chi connectivity index (χ0) is 17.0. The van der Waals surface area contributed by atoms with Crippen molar-refractivity contribution >= 4 is 0 Å². The van der Waals surface area contributed by atoms with Crippen molar-refractivity contribution in [1.29, 1.82) is 0 Å². The highest BCUT2D eigenvalue weighted by Gasteiger charge is 2.41. The maximum absolute atomic E-state index is 10.3. The van der Waals surface area contributed by atoms with Crippen LogP contribution in [0, 0.1) is 0 Å². The van der Waals surface area contributed by atoms with Gasteiger partial charge in [0.2, 0.25) is 0 Å². The lowest BCUT2D eigenvalue weighted by atomic mass is 9.76.